The third-order valence-electron chi connectivity index (χ3n) is 3.55. The van der Waals surface area contributed by atoms with Gasteiger partial charge in [-0.15, -0.1) is 0 Å². The molecule has 2 fully saturated rings. The molecule has 1 aliphatic carbocycles. The molecule has 3 heteroatoms. The fourth-order valence-corrected chi connectivity index (χ4v) is 2.44. The second-order valence-corrected chi connectivity index (χ2v) is 4.64. The summed E-state index contributed by atoms with van der Waals surface area (Å²) in [7, 11) is 0. The van der Waals surface area contributed by atoms with Crippen molar-refractivity contribution in [2.75, 3.05) is 19.7 Å². The van der Waals surface area contributed by atoms with Crippen molar-refractivity contribution in [1.29, 1.82) is 0 Å². The van der Waals surface area contributed by atoms with Gasteiger partial charge >= 0.3 is 0 Å². The van der Waals surface area contributed by atoms with Crippen molar-refractivity contribution in [1.82, 2.24) is 5.32 Å². The molecule has 0 spiro atoms. The number of hydrogen-bond acceptors (Lipinski definition) is 2. The highest BCUT2D eigenvalue weighted by molar-refractivity contribution is 5.23. The normalized spacial score (nSPS) is 32.5. The van der Waals surface area contributed by atoms with Gasteiger partial charge in [-0.2, -0.15) is 0 Å². The highest BCUT2D eigenvalue weighted by Gasteiger charge is 2.57. The summed E-state index contributed by atoms with van der Waals surface area (Å²) in [6.45, 7) is 2.88. The maximum atomic E-state index is 12.9. The van der Waals surface area contributed by atoms with E-state index >= 15 is 0 Å². The number of fused-ring (bicyclic) bond motifs is 1. The van der Waals surface area contributed by atoms with E-state index in [2.05, 4.69) is 5.32 Å². The molecule has 1 aromatic rings. The molecule has 1 heterocycles. The van der Waals surface area contributed by atoms with E-state index in [0.29, 0.717) is 17.8 Å². The lowest BCUT2D eigenvalue weighted by Gasteiger charge is -2.13. The van der Waals surface area contributed by atoms with Crippen LogP contribution in [0.2, 0.25) is 0 Å². The third kappa shape index (κ3) is 1.61. The van der Waals surface area contributed by atoms with Crippen molar-refractivity contribution in [3.8, 4) is 5.75 Å². The molecule has 15 heavy (non-hydrogen) atoms. The van der Waals surface area contributed by atoms with E-state index in [1.54, 1.807) is 12.1 Å². The van der Waals surface area contributed by atoms with Gasteiger partial charge in [-0.1, -0.05) is 6.07 Å². The summed E-state index contributed by atoms with van der Waals surface area (Å²) in [5.41, 5.74) is 0.353. The largest absolute Gasteiger partial charge is 0.493 e. The molecule has 1 saturated carbocycles. The van der Waals surface area contributed by atoms with Gasteiger partial charge in [0.25, 0.3) is 0 Å². The number of nitrogens with one attached hydrogen (secondary N) is 1. The van der Waals surface area contributed by atoms with Crippen LogP contribution in [-0.4, -0.2) is 19.7 Å². The smallest absolute Gasteiger partial charge is 0.126 e. The molecule has 1 aromatic carbocycles. The fraction of sp³-hybridized carbons (Fsp3) is 0.500. The minimum absolute atomic E-state index is 0.234. The first-order chi connectivity index (χ1) is 7.28. The molecular weight excluding hydrogens is 193 g/mol. The summed E-state index contributed by atoms with van der Waals surface area (Å²) in [6, 6.07) is 6.36. The number of piperidine rings is 1. The molecule has 2 aliphatic rings. The van der Waals surface area contributed by atoms with Gasteiger partial charge in [-0.05, 0) is 31.0 Å². The first-order valence-corrected chi connectivity index (χ1v) is 5.38. The average molecular weight is 207 g/mol. The van der Waals surface area contributed by atoms with Crippen LogP contribution in [0.4, 0.5) is 4.39 Å². The van der Waals surface area contributed by atoms with Gasteiger partial charge in [-0.25, -0.2) is 4.39 Å². The number of rotatable bonds is 3. The minimum atomic E-state index is -0.234. The third-order valence-corrected chi connectivity index (χ3v) is 3.55. The maximum absolute atomic E-state index is 12.9. The summed E-state index contributed by atoms with van der Waals surface area (Å²) in [4.78, 5) is 0. The van der Waals surface area contributed by atoms with Gasteiger partial charge in [-0.3, -0.25) is 0 Å². The van der Waals surface area contributed by atoms with Crippen molar-refractivity contribution >= 4 is 0 Å². The number of benzene rings is 1. The summed E-state index contributed by atoms with van der Waals surface area (Å²) in [5.74, 6) is 1.19. The Morgan fingerprint density at radius 1 is 1.53 bits per heavy atom. The highest BCUT2D eigenvalue weighted by atomic mass is 19.1. The van der Waals surface area contributed by atoms with Crippen LogP contribution in [0.5, 0.6) is 5.75 Å². The Balaban J connectivity index is 1.62. The van der Waals surface area contributed by atoms with E-state index < -0.39 is 0 Å². The molecule has 2 unspecified atom stereocenters. The molecule has 0 aromatic heterocycles. The standard InChI is InChI=1S/C12H14FNO/c13-10-2-1-3-11(4-10)15-8-12-5-9(12)6-14-7-12/h1-4,9,14H,5-8H2. The Morgan fingerprint density at radius 2 is 2.47 bits per heavy atom. The molecule has 1 aliphatic heterocycles. The highest BCUT2D eigenvalue weighted by Crippen LogP contribution is 2.54. The van der Waals surface area contributed by atoms with E-state index in [-0.39, 0.29) is 5.82 Å². The van der Waals surface area contributed by atoms with Crippen LogP contribution in [0.25, 0.3) is 0 Å². The minimum Gasteiger partial charge on any atom is -0.493 e. The zero-order chi connectivity index (χ0) is 10.3. The quantitative estimate of drug-likeness (QED) is 0.816. The van der Waals surface area contributed by atoms with E-state index in [4.69, 9.17) is 4.74 Å². The Bertz CT molecular complexity index is 382. The van der Waals surface area contributed by atoms with Crippen LogP contribution < -0.4 is 10.1 Å². The lowest BCUT2D eigenvalue weighted by Crippen LogP contribution is -2.21. The van der Waals surface area contributed by atoms with E-state index in [9.17, 15) is 4.39 Å². The van der Waals surface area contributed by atoms with Crippen LogP contribution in [0.3, 0.4) is 0 Å². The first kappa shape index (κ1) is 9.16. The van der Waals surface area contributed by atoms with Crippen molar-refractivity contribution < 1.29 is 9.13 Å². The predicted octanol–water partition coefficient (Wildman–Crippen LogP) is 1.81. The zero-order valence-electron chi connectivity index (χ0n) is 8.50. The molecule has 2 nitrogen and oxygen atoms in total. The van der Waals surface area contributed by atoms with Crippen molar-refractivity contribution in [3.05, 3.63) is 30.1 Å². The molecular formula is C12H14FNO. The maximum Gasteiger partial charge on any atom is 0.126 e. The van der Waals surface area contributed by atoms with Crippen LogP contribution in [0, 0.1) is 17.2 Å². The van der Waals surface area contributed by atoms with Crippen molar-refractivity contribution in [3.63, 3.8) is 0 Å². The van der Waals surface area contributed by atoms with Crippen LogP contribution >= 0.6 is 0 Å². The number of halogens is 1. The summed E-state index contributed by atoms with van der Waals surface area (Å²) >= 11 is 0. The average Bonchev–Trinajstić information content (AvgIpc) is 2.79. The van der Waals surface area contributed by atoms with Crippen molar-refractivity contribution in [2.45, 2.75) is 6.42 Å². The van der Waals surface area contributed by atoms with Crippen LogP contribution in [-0.2, 0) is 0 Å². The number of hydrogen-bond donors (Lipinski definition) is 1. The van der Waals surface area contributed by atoms with E-state index in [1.165, 1.54) is 18.6 Å². The second kappa shape index (κ2) is 3.20. The van der Waals surface area contributed by atoms with E-state index in [0.717, 1.165) is 19.0 Å². The zero-order valence-corrected chi connectivity index (χ0v) is 8.50. The first-order valence-electron chi connectivity index (χ1n) is 5.38. The Kier molecular flexibility index (Phi) is 1.96. The molecule has 3 rings (SSSR count). The van der Waals surface area contributed by atoms with Crippen LogP contribution in [0.1, 0.15) is 6.42 Å². The molecule has 1 saturated heterocycles. The molecule has 0 bridgehead atoms. The monoisotopic (exact) mass is 207 g/mol. The lowest BCUT2D eigenvalue weighted by molar-refractivity contribution is 0.235. The van der Waals surface area contributed by atoms with Gasteiger partial charge in [0, 0.05) is 18.0 Å². The second-order valence-electron chi connectivity index (χ2n) is 4.64. The summed E-state index contributed by atoms with van der Waals surface area (Å²) < 4.78 is 18.5. The molecule has 0 amide bonds. The Labute approximate surface area is 88.4 Å². The number of ether oxygens (including phenoxy) is 1. The molecule has 2 atom stereocenters. The Morgan fingerprint density at radius 3 is 3.13 bits per heavy atom. The predicted molar refractivity (Wildman–Crippen MR) is 55.3 cm³/mol. The van der Waals surface area contributed by atoms with Gasteiger partial charge in [0.1, 0.15) is 11.6 Å². The topological polar surface area (TPSA) is 21.3 Å². The molecule has 1 N–H and O–H groups in total. The van der Waals surface area contributed by atoms with E-state index in [1.807, 2.05) is 0 Å². The van der Waals surface area contributed by atoms with Crippen LogP contribution in [0.15, 0.2) is 24.3 Å². The lowest BCUT2D eigenvalue weighted by atomic mass is 10.1. The molecule has 0 radical (unpaired) electrons. The summed E-state index contributed by atoms with van der Waals surface area (Å²) in [6.07, 6.45) is 1.26. The van der Waals surface area contributed by atoms with Gasteiger partial charge in [0.05, 0.1) is 6.61 Å². The summed E-state index contributed by atoms with van der Waals surface area (Å²) in [5, 5.41) is 3.36. The Hall–Kier alpha value is -1.09. The SMILES string of the molecule is Fc1cccc(OCC23CNCC2C3)c1. The fourth-order valence-electron chi connectivity index (χ4n) is 2.44. The molecule has 80 valence electrons. The van der Waals surface area contributed by atoms with Crippen molar-refractivity contribution in [2.24, 2.45) is 11.3 Å². The van der Waals surface area contributed by atoms with Gasteiger partial charge in [0.2, 0.25) is 0 Å². The van der Waals surface area contributed by atoms with Gasteiger partial charge in [0.15, 0.2) is 0 Å². The van der Waals surface area contributed by atoms with Gasteiger partial charge < -0.3 is 10.1 Å².